The second-order valence-electron chi connectivity index (χ2n) is 4.17. The molecule has 20 heavy (non-hydrogen) atoms. The van der Waals surface area contributed by atoms with E-state index >= 15 is 0 Å². The fourth-order valence-corrected chi connectivity index (χ4v) is 1.52. The van der Waals surface area contributed by atoms with Gasteiger partial charge < -0.3 is 15.2 Å². The van der Waals surface area contributed by atoms with E-state index in [1.807, 2.05) is 0 Å². The van der Waals surface area contributed by atoms with Crippen LogP contribution in [0, 0.1) is 12.3 Å². The number of ether oxygens (including phenoxy) is 1. The Morgan fingerprint density at radius 3 is 2.55 bits per heavy atom. The molecule has 0 unspecified atom stereocenters. The molecule has 0 aliphatic carbocycles. The van der Waals surface area contributed by atoms with Crippen LogP contribution in [0.1, 0.15) is 25.7 Å². The van der Waals surface area contributed by atoms with E-state index in [4.69, 9.17) is 16.3 Å². The van der Waals surface area contributed by atoms with Crippen molar-refractivity contribution in [2.75, 3.05) is 11.9 Å². The van der Waals surface area contributed by atoms with Crippen LogP contribution in [0.15, 0.2) is 24.3 Å². The van der Waals surface area contributed by atoms with Crippen LogP contribution in [0.3, 0.4) is 0 Å². The van der Waals surface area contributed by atoms with Crippen LogP contribution in [-0.4, -0.2) is 23.6 Å². The molecule has 0 saturated carbocycles. The Bertz CT molecular complexity index is 488. The molecule has 0 radical (unpaired) electrons. The summed E-state index contributed by atoms with van der Waals surface area (Å²) in [6, 6.07) is 6.54. The first-order valence-electron chi connectivity index (χ1n) is 6.30. The Kier molecular flexibility index (Phi) is 6.69. The van der Waals surface area contributed by atoms with E-state index in [1.54, 1.807) is 24.3 Å². The van der Waals surface area contributed by atoms with Gasteiger partial charge in [-0.15, -0.1) is 12.3 Å². The number of rotatable bonds is 8. The lowest BCUT2D eigenvalue weighted by molar-refractivity contribution is -0.139. The number of unbranched alkanes of at least 4 members (excludes halogenated alkanes) is 2. The predicted octanol–water partition coefficient (Wildman–Crippen LogP) is 2.28. The van der Waals surface area contributed by atoms with Crippen LogP contribution in [0.25, 0.3) is 0 Å². The molecule has 2 N–H and O–H groups in total. The highest BCUT2D eigenvalue weighted by atomic mass is 16.5. The Hall–Kier alpha value is -2.48. The highest BCUT2D eigenvalue weighted by Gasteiger charge is 2.03. The molecule has 1 rings (SSSR count). The summed E-state index contributed by atoms with van der Waals surface area (Å²) >= 11 is 0. The molecule has 0 saturated heterocycles. The van der Waals surface area contributed by atoms with Crippen molar-refractivity contribution in [1.82, 2.24) is 0 Å². The Balaban J connectivity index is 2.35. The number of amides is 1. The maximum absolute atomic E-state index is 11.6. The first kappa shape index (κ1) is 15.6. The van der Waals surface area contributed by atoms with E-state index in [-0.39, 0.29) is 12.5 Å². The molecule has 1 amide bonds. The van der Waals surface area contributed by atoms with Crippen LogP contribution in [0.5, 0.6) is 5.75 Å². The first-order valence-corrected chi connectivity index (χ1v) is 6.30. The van der Waals surface area contributed by atoms with Gasteiger partial charge in [-0.1, -0.05) is 0 Å². The summed E-state index contributed by atoms with van der Waals surface area (Å²) in [6.45, 7) is -0.388. The third kappa shape index (κ3) is 6.45. The van der Waals surface area contributed by atoms with Crippen molar-refractivity contribution in [1.29, 1.82) is 0 Å². The molecule has 5 heteroatoms. The quantitative estimate of drug-likeness (QED) is 0.563. The summed E-state index contributed by atoms with van der Waals surface area (Å²) in [7, 11) is 0. The molecule has 0 spiro atoms. The molecule has 0 aliphatic heterocycles. The lowest BCUT2D eigenvalue weighted by Gasteiger charge is -2.07. The van der Waals surface area contributed by atoms with Gasteiger partial charge >= 0.3 is 5.97 Å². The highest BCUT2D eigenvalue weighted by Crippen LogP contribution is 2.16. The summed E-state index contributed by atoms with van der Waals surface area (Å²) in [5, 5.41) is 11.2. The minimum atomic E-state index is -1.03. The van der Waals surface area contributed by atoms with Gasteiger partial charge in [-0.2, -0.15) is 0 Å². The average Bonchev–Trinajstić information content (AvgIpc) is 2.43. The Morgan fingerprint density at radius 1 is 1.25 bits per heavy atom. The molecule has 106 valence electrons. The summed E-state index contributed by atoms with van der Waals surface area (Å²) < 4.78 is 4.99. The first-order chi connectivity index (χ1) is 9.61. The van der Waals surface area contributed by atoms with Crippen molar-refractivity contribution in [2.24, 2.45) is 0 Å². The Labute approximate surface area is 117 Å². The fourth-order valence-electron chi connectivity index (χ4n) is 1.52. The zero-order valence-electron chi connectivity index (χ0n) is 11.1. The van der Waals surface area contributed by atoms with Crippen molar-refractivity contribution in [3.8, 4) is 18.1 Å². The van der Waals surface area contributed by atoms with Gasteiger partial charge in [0.05, 0.1) is 0 Å². The molecule has 0 bridgehead atoms. The maximum Gasteiger partial charge on any atom is 0.341 e. The van der Waals surface area contributed by atoms with Gasteiger partial charge in [-0.3, -0.25) is 4.79 Å². The number of carbonyl (C=O) groups excluding carboxylic acids is 1. The molecule has 0 atom stereocenters. The van der Waals surface area contributed by atoms with E-state index in [0.29, 0.717) is 24.3 Å². The number of aliphatic carboxylic acids is 1. The van der Waals surface area contributed by atoms with E-state index in [1.165, 1.54) is 0 Å². The molecule has 0 aromatic heterocycles. The van der Waals surface area contributed by atoms with Crippen LogP contribution in [0.4, 0.5) is 5.69 Å². The van der Waals surface area contributed by atoms with Gasteiger partial charge in [-0.25, -0.2) is 4.79 Å². The lowest BCUT2D eigenvalue weighted by Crippen LogP contribution is -2.11. The molecular formula is C15H17NO4. The number of anilines is 1. The molecule has 1 aromatic carbocycles. The standard InChI is InChI=1S/C15H17NO4/c1-2-3-4-5-6-14(17)16-12-7-9-13(10-8-12)20-11-15(18)19/h1,7-10H,3-6,11H2,(H,16,17)(H,18,19). The highest BCUT2D eigenvalue weighted by molar-refractivity contribution is 5.90. The number of carbonyl (C=O) groups is 2. The second-order valence-corrected chi connectivity index (χ2v) is 4.17. The van der Waals surface area contributed by atoms with Gasteiger partial charge in [0.25, 0.3) is 0 Å². The van der Waals surface area contributed by atoms with Gasteiger partial charge in [0.1, 0.15) is 5.75 Å². The monoisotopic (exact) mass is 275 g/mol. The minimum Gasteiger partial charge on any atom is -0.482 e. The van der Waals surface area contributed by atoms with E-state index < -0.39 is 5.97 Å². The van der Waals surface area contributed by atoms with E-state index in [2.05, 4.69) is 11.2 Å². The van der Waals surface area contributed by atoms with Crippen molar-refractivity contribution < 1.29 is 19.4 Å². The molecular weight excluding hydrogens is 258 g/mol. The van der Waals surface area contributed by atoms with Crippen molar-refractivity contribution >= 4 is 17.6 Å². The summed E-state index contributed by atoms with van der Waals surface area (Å²) in [4.78, 5) is 21.9. The molecule has 0 heterocycles. The van der Waals surface area contributed by atoms with E-state index in [9.17, 15) is 9.59 Å². The zero-order valence-corrected chi connectivity index (χ0v) is 11.1. The number of hydrogen-bond acceptors (Lipinski definition) is 3. The van der Waals surface area contributed by atoms with Gasteiger partial charge in [-0.05, 0) is 37.1 Å². The second kappa shape index (κ2) is 8.59. The SMILES string of the molecule is C#CCCCCC(=O)Nc1ccc(OCC(=O)O)cc1. The topological polar surface area (TPSA) is 75.6 Å². The molecule has 0 aliphatic rings. The van der Waals surface area contributed by atoms with Gasteiger partial charge in [0, 0.05) is 18.5 Å². The summed E-state index contributed by atoms with van der Waals surface area (Å²) in [5.41, 5.74) is 0.648. The predicted molar refractivity (Wildman–Crippen MR) is 75.5 cm³/mol. The van der Waals surface area contributed by atoms with Gasteiger partial charge in [0.15, 0.2) is 6.61 Å². The minimum absolute atomic E-state index is 0.0683. The van der Waals surface area contributed by atoms with E-state index in [0.717, 1.165) is 12.8 Å². The maximum atomic E-state index is 11.6. The van der Waals surface area contributed by atoms with Crippen LogP contribution in [-0.2, 0) is 9.59 Å². The normalized spacial score (nSPS) is 9.55. The van der Waals surface area contributed by atoms with Crippen LogP contribution in [0.2, 0.25) is 0 Å². The molecule has 1 aromatic rings. The summed E-state index contributed by atoms with van der Waals surface area (Å²) in [5.74, 6) is 1.87. The van der Waals surface area contributed by atoms with Gasteiger partial charge in [0.2, 0.25) is 5.91 Å². The third-order valence-electron chi connectivity index (χ3n) is 2.48. The molecule has 5 nitrogen and oxygen atoms in total. The van der Waals surface area contributed by atoms with Crippen molar-refractivity contribution in [3.63, 3.8) is 0 Å². The van der Waals surface area contributed by atoms with Crippen LogP contribution < -0.4 is 10.1 Å². The molecule has 0 fully saturated rings. The largest absolute Gasteiger partial charge is 0.482 e. The zero-order chi connectivity index (χ0) is 14.8. The number of hydrogen-bond donors (Lipinski definition) is 2. The summed E-state index contributed by atoms with van der Waals surface area (Å²) in [6.07, 6.45) is 7.84. The number of nitrogens with one attached hydrogen (secondary N) is 1. The van der Waals surface area contributed by atoms with Crippen LogP contribution >= 0.6 is 0 Å². The van der Waals surface area contributed by atoms with Crippen molar-refractivity contribution in [2.45, 2.75) is 25.7 Å². The van der Waals surface area contributed by atoms with Crippen molar-refractivity contribution in [3.05, 3.63) is 24.3 Å². The number of carboxylic acid groups (broad SMARTS) is 1. The number of terminal acetylenes is 1. The third-order valence-corrected chi connectivity index (χ3v) is 2.48. The Morgan fingerprint density at radius 2 is 1.95 bits per heavy atom. The smallest absolute Gasteiger partial charge is 0.341 e. The fraction of sp³-hybridized carbons (Fsp3) is 0.333. The lowest BCUT2D eigenvalue weighted by atomic mass is 10.2. The number of benzene rings is 1. The average molecular weight is 275 g/mol. The number of carboxylic acids is 1.